The quantitative estimate of drug-likeness (QED) is 0.200. The van der Waals surface area contributed by atoms with Crippen molar-refractivity contribution in [3.05, 3.63) is 42.0 Å². The maximum absolute atomic E-state index is 12.4. The van der Waals surface area contributed by atoms with Crippen LogP contribution in [-0.2, 0) is 9.53 Å². The van der Waals surface area contributed by atoms with Crippen molar-refractivity contribution in [2.75, 3.05) is 33.8 Å². The van der Waals surface area contributed by atoms with Gasteiger partial charge >= 0.3 is 6.09 Å². The van der Waals surface area contributed by atoms with Crippen LogP contribution in [0.4, 0.5) is 4.79 Å². The molecule has 0 bridgehead atoms. The Bertz CT molecular complexity index is 1370. The number of ketones is 1. The third kappa shape index (κ3) is 8.09. The van der Waals surface area contributed by atoms with E-state index in [2.05, 4.69) is 23.0 Å². The molecular formula is C33H46N4O5. The van der Waals surface area contributed by atoms with Crippen molar-refractivity contribution in [2.24, 2.45) is 5.92 Å². The molecule has 1 amide bonds. The van der Waals surface area contributed by atoms with E-state index >= 15 is 0 Å². The van der Waals surface area contributed by atoms with Crippen molar-refractivity contribution in [3.8, 4) is 17.1 Å². The van der Waals surface area contributed by atoms with E-state index in [1.54, 1.807) is 18.2 Å². The summed E-state index contributed by atoms with van der Waals surface area (Å²) >= 11 is 0. The minimum atomic E-state index is -0.502. The molecule has 1 aromatic carbocycles. The van der Waals surface area contributed by atoms with Crippen LogP contribution in [0.2, 0.25) is 0 Å². The van der Waals surface area contributed by atoms with Gasteiger partial charge < -0.3 is 18.8 Å². The van der Waals surface area contributed by atoms with Gasteiger partial charge in [-0.2, -0.15) is 0 Å². The number of pyridine rings is 1. The summed E-state index contributed by atoms with van der Waals surface area (Å²) < 4.78 is 17.7. The van der Waals surface area contributed by atoms with Crippen molar-refractivity contribution in [3.63, 3.8) is 0 Å². The van der Waals surface area contributed by atoms with Crippen LogP contribution in [0.1, 0.15) is 83.8 Å². The van der Waals surface area contributed by atoms with E-state index in [0.717, 1.165) is 54.4 Å². The van der Waals surface area contributed by atoms with Crippen molar-refractivity contribution in [1.29, 1.82) is 0 Å². The fourth-order valence-corrected chi connectivity index (χ4v) is 5.42. The number of ether oxygens (including phenoxy) is 2. The summed E-state index contributed by atoms with van der Waals surface area (Å²) in [5, 5.41) is 1.00. The summed E-state index contributed by atoms with van der Waals surface area (Å²) in [4.78, 5) is 37.6. The highest BCUT2D eigenvalue weighted by molar-refractivity contribution is 5.87. The fourth-order valence-electron chi connectivity index (χ4n) is 5.42. The van der Waals surface area contributed by atoms with Gasteiger partial charge in [0.05, 0.1) is 30.4 Å². The van der Waals surface area contributed by atoms with Gasteiger partial charge in [0.25, 0.3) is 0 Å². The van der Waals surface area contributed by atoms with Crippen LogP contribution in [0.5, 0.6) is 5.75 Å². The van der Waals surface area contributed by atoms with Gasteiger partial charge in [-0.15, -0.1) is 0 Å². The second kappa shape index (κ2) is 13.7. The summed E-state index contributed by atoms with van der Waals surface area (Å²) in [6, 6.07) is 7.99. The van der Waals surface area contributed by atoms with Gasteiger partial charge in [0, 0.05) is 55.5 Å². The molecule has 0 N–H and O–H groups in total. The number of amides is 1. The standard InChI is InChI=1S/C33H46N4O5/c1-8-25(38)12-10-9-11-13-28(36(6)19-23-20-37(21-23)32(39)42-33(3,4)5)31-34-18-30(41-31)26-16-24-15-14-22(2)35-27(24)17-29(26)40-7/h14-18,23,28H,8-13,19-21H2,1-7H3/t28-/m0/s1. The third-order valence-electron chi connectivity index (χ3n) is 7.74. The number of likely N-dealkylation sites (tertiary alicyclic amines) is 1. The lowest BCUT2D eigenvalue weighted by atomic mass is 9.98. The molecule has 1 atom stereocenters. The van der Waals surface area contributed by atoms with Crippen LogP contribution in [0.3, 0.4) is 0 Å². The van der Waals surface area contributed by atoms with E-state index in [1.807, 2.05) is 52.8 Å². The Kier molecular flexibility index (Phi) is 10.2. The summed E-state index contributed by atoms with van der Waals surface area (Å²) in [5.74, 6) is 2.65. The molecule has 0 aliphatic carbocycles. The lowest BCUT2D eigenvalue weighted by molar-refractivity contribution is -0.118. The first kappa shape index (κ1) is 31.5. The highest BCUT2D eigenvalue weighted by atomic mass is 16.6. The molecule has 0 saturated carbocycles. The Morgan fingerprint density at radius 2 is 1.93 bits per heavy atom. The van der Waals surface area contributed by atoms with E-state index in [9.17, 15) is 9.59 Å². The molecule has 0 radical (unpaired) electrons. The number of unbranched alkanes of at least 4 members (excludes halogenated alkanes) is 2. The number of aryl methyl sites for hydroxylation is 1. The summed E-state index contributed by atoms with van der Waals surface area (Å²) in [6.07, 6.45) is 6.44. The van der Waals surface area contributed by atoms with Crippen LogP contribution in [-0.4, -0.2) is 71.0 Å². The lowest BCUT2D eigenvalue weighted by Gasteiger charge is -2.42. The van der Waals surface area contributed by atoms with Crippen LogP contribution in [0, 0.1) is 12.8 Å². The predicted octanol–water partition coefficient (Wildman–Crippen LogP) is 6.98. The summed E-state index contributed by atoms with van der Waals surface area (Å²) in [6.45, 7) is 11.7. The van der Waals surface area contributed by atoms with Crippen LogP contribution in [0.25, 0.3) is 22.2 Å². The molecule has 9 nitrogen and oxygen atoms in total. The fraction of sp³-hybridized carbons (Fsp3) is 0.576. The molecule has 4 rings (SSSR count). The molecule has 3 heterocycles. The van der Waals surface area contributed by atoms with E-state index in [0.29, 0.717) is 55.0 Å². The zero-order chi connectivity index (χ0) is 30.4. The number of carbonyl (C=O) groups is 2. The molecule has 228 valence electrons. The maximum atomic E-state index is 12.4. The molecule has 1 fully saturated rings. The second-order valence-corrected chi connectivity index (χ2v) is 12.5. The Labute approximate surface area is 249 Å². The Hall–Kier alpha value is -3.46. The summed E-state index contributed by atoms with van der Waals surface area (Å²) in [7, 11) is 3.74. The van der Waals surface area contributed by atoms with Gasteiger partial charge in [-0.05, 0) is 59.7 Å². The molecule has 0 unspecified atom stereocenters. The zero-order valence-electron chi connectivity index (χ0n) is 26.2. The highest BCUT2D eigenvalue weighted by Crippen LogP contribution is 2.37. The molecule has 1 aliphatic rings. The van der Waals surface area contributed by atoms with Gasteiger partial charge in [0.1, 0.15) is 17.1 Å². The van der Waals surface area contributed by atoms with Crippen molar-refractivity contribution in [1.82, 2.24) is 19.8 Å². The summed E-state index contributed by atoms with van der Waals surface area (Å²) in [5.41, 5.74) is 2.15. The number of benzene rings is 1. The van der Waals surface area contributed by atoms with Gasteiger partial charge in [0.15, 0.2) is 5.76 Å². The molecular weight excluding hydrogens is 532 g/mol. The third-order valence-corrected chi connectivity index (χ3v) is 7.74. The van der Waals surface area contributed by atoms with Crippen LogP contribution >= 0.6 is 0 Å². The molecule has 42 heavy (non-hydrogen) atoms. The van der Waals surface area contributed by atoms with Crippen molar-refractivity contribution >= 4 is 22.8 Å². The van der Waals surface area contributed by atoms with Gasteiger partial charge in [-0.25, -0.2) is 9.78 Å². The molecule has 2 aromatic heterocycles. The normalized spacial score (nSPS) is 14.7. The second-order valence-electron chi connectivity index (χ2n) is 12.5. The average molecular weight is 579 g/mol. The number of Topliss-reactive ketones (excluding diaryl/α,β-unsaturated/α-hetero) is 1. The first-order chi connectivity index (χ1) is 20.0. The Morgan fingerprint density at radius 3 is 2.62 bits per heavy atom. The average Bonchev–Trinajstić information content (AvgIpc) is 3.39. The number of hydrogen-bond acceptors (Lipinski definition) is 8. The number of fused-ring (bicyclic) bond motifs is 1. The van der Waals surface area contributed by atoms with Crippen molar-refractivity contribution in [2.45, 2.75) is 84.8 Å². The molecule has 3 aromatic rings. The molecule has 1 saturated heterocycles. The van der Waals surface area contributed by atoms with Crippen LogP contribution in [0.15, 0.2) is 34.9 Å². The number of hydrogen-bond donors (Lipinski definition) is 0. The Morgan fingerprint density at radius 1 is 1.17 bits per heavy atom. The lowest BCUT2D eigenvalue weighted by Crippen LogP contribution is -2.54. The number of methoxy groups -OCH3 is 1. The predicted molar refractivity (Wildman–Crippen MR) is 164 cm³/mol. The van der Waals surface area contributed by atoms with Gasteiger partial charge in [0.2, 0.25) is 5.89 Å². The minimum Gasteiger partial charge on any atom is -0.496 e. The molecule has 9 heteroatoms. The van der Waals surface area contributed by atoms with Gasteiger partial charge in [-0.3, -0.25) is 14.7 Å². The largest absolute Gasteiger partial charge is 0.496 e. The van der Waals surface area contributed by atoms with Crippen LogP contribution < -0.4 is 4.74 Å². The monoisotopic (exact) mass is 578 g/mol. The number of nitrogens with zero attached hydrogens (tertiary/aromatic N) is 4. The first-order valence-electron chi connectivity index (χ1n) is 15.1. The minimum absolute atomic E-state index is 0.0352. The van der Waals surface area contributed by atoms with E-state index < -0.39 is 5.60 Å². The number of oxazole rings is 1. The van der Waals surface area contributed by atoms with E-state index in [4.69, 9.17) is 18.9 Å². The van der Waals surface area contributed by atoms with Crippen molar-refractivity contribution < 1.29 is 23.5 Å². The smallest absolute Gasteiger partial charge is 0.410 e. The SMILES string of the molecule is CCC(=O)CCCCC[C@@H](c1ncc(-c2cc3ccc(C)nc3cc2OC)o1)N(C)CC1CN(C(=O)OC(C)(C)C)C1. The highest BCUT2D eigenvalue weighted by Gasteiger charge is 2.36. The topological polar surface area (TPSA) is 98.0 Å². The Balaban J connectivity index is 1.48. The zero-order valence-corrected chi connectivity index (χ0v) is 26.2. The first-order valence-corrected chi connectivity index (χ1v) is 15.1. The number of rotatable bonds is 13. The maximum Gasteiger partial charge on any atom is 0.410 e. The number of carbonyl (C=O) groups excluding carboxylic acids is 2. The number of aromatic nitrogens is 2. The van der Waals surface area contributed by atoms with Gasteiger partial charge in [-0.1, -0.05) is 25.8 Å². The van der Waals surface area contributed by atoms with E-state index in [1.165, 1.54) is 0 Å². The molecule has 0 spiro atoms. The molecule has 1 aliphatic heterocycles. The van der Waals surface area contributed by atoms with E-state index in [-0.39, 0.29) is 12.1 Å².